The molecule has 0 aliphatic heterocycles. The lowest BCUT2D eigenvalue weighted by Gasteiger charge is -2.32. The van der Waals surface area contributed by atoms with E-state index in [9.17, 15) is 9.59 Å². The molecule has 2 bridgehead atoms. The van der Waals surface area contributed by atoms with E-state index in [1.165, 1.54) is 0 Å². The van der Waals surface area contributed by atoms with Gasteiger partial charge in [-0.2, -0.15) is 0 Å². The van der Waals surface area contributed by atoms with Crippen molar-refractivity contribution in [1.29, 1.82) is 0 Å². The third-order valence-electron chi connectivity index (χ3n) is 6.98. The van der Waals surface area contributed by atoms with Crippen LogP contribution in [-0.2, 0) is 19.1 Å². The fraction of sp³-hybridized carbons (Fsp3) is 0.565. The molecule has 0 saturated heterocycles. The standard InChI is InChI=1S/C23H29BrN2O4/c1-29-13-11-26(12-14-30-2)22(28)20-18-8-7-17(23(18)9-10-23)19(20)21(27)25-16-5-3-15(24)4-6-16/h3-8,17-20H,9-14H2,1-2H3,(H,25,27)/t17-,18-,19-,20-/m1/s1. The first kappa shape index (κ1) is 21.5. The van der Waals surface area contributed by atoms with Crippen LogP contribution in [0.1, 0.15) is 12.8 Å². The molecule has 1 aromatic rings. The average molecular weight is 477 g/mol. The highest BCUT2D eigenvalue weighted by Gasteiger charge is 2.70. The predicted octanol–water partition coefficient (Wildman–Crippen LogP) is 3.34. The average Bonchev–Trinajstić information content (AvgIpc) is 3.41. The van der Waals surface area contributed by atoms with Crippen molar-refractivity contribution in [3.8, 4) is 0 Å². The number of benzene rings is 1. The van der Waals surface area contributed by atoms with Crippen LogP contribution < -0.4 is 5.32 Å². The van der Waals surface area contributed by atoms with Gasteiger partial charge in [-0.15, -0.1) is 0 Å². The molecule has 162 valence electrons. The molecule has 1 spiro atoms. The zero-order chi connectivity index (χ0) is 21.3. The predicted molar refractivity (Wildman–Crippen MR) is 118 cm³/mol. The van der Waals surface area contributed by atoms with E-state index in [0.29, 0.717) is 26.3 Å². The number of rotatable bonds is 9. The van der Waals surface area contributed by atoms with Crippen LogP contribution >= 0.6 is 15.9 Å². The van der Waals surface area contributed by atoms with Gasteiger partial charge in [-0.1, -0.05) is 28.1 Å². The molecule has 0 unspecified atom stereocenters. The van der Waals surface area contributed by atoms with Gasteiger partial charge in [0.25, 0.3) is 0 Å². The highest BCUT2D eigenvalue weighted by molar-refractivity contribution is 9.10. The van der Waals surface area contributed by atoms with Gasteiger partial charge in [0.2, 0.25) is 11.8 Å². The first-order valence-electron chi connectivity index (χ1n) is 10.5. The Hall–Kier alpha value is -1.70. The van der Waals surface area contributed by atoms with Crippen LogP contribution in [0, 0.1) is 29.1 Å². The van der Waals surface area contributed by atoms with Crippen LogP contribution in [0.4, 0.5) is 5.69 Å². The molecule has 1 N–H and O–H groups in total. The van der Waals surface area contributed by atoms with Gasteiger partial charge in [0.05, 0.1) is 25.0 Å². The number of halogens is 1. The largest absolute Gasteiger partial charge is 0.383 e. The number of hydrogen-bond acceptors (Lipinski definition) is 4. The molecule has 0 aromatic heterocycles. The van der Waals surface area contributed by atoms with E-state index in [1.54, 1.807) is 14.2 Å². The lowest BCUT2D eigenvalue weighted by atomic mass is 9.81. The Balaban J connectivity index is 1.57. The maximum atomic E-state index is 13.7. The third-order valence-corrected chi connectivity index (χ3v) is 7.51. The molecule has 30 heavy (non-hydrogen) atoms. The van der Waals surface area contributed by atoms with Crippen LogP contribution in [0.5, 0.6) is 0 Å². The van der Waals surface area contributed by atoms with Crippen LogP contribution in [0.25, 0.3) is 0 Å². The van der Waals surface area contributed by atoms with Crippen molar-refractivity contribution in [2.45, 2.75) is 12.8 Å². The lowest BCUT2D eigenvalue weighted by Crippen LogP contribution is -2.46. The fourth-order valence-corrected chi connectivity index (χ4v) is 5.66. The molecule has 0 heterocycles. The molecule has 6 nitrogen and oxygen atoms in total. The van der Waals surface area contributed by atoms with E-state index in [4.69, 9.17) is 9.47 Å². The summed E-state index contributed by atoms with van der Waals surface area (Å²) in [5.41, 5.74) is 0.859. The number of nitrogens with one attached hydrogen (secondary N) is 1. The Morgan fingerprint density at radius 1 is 1.03 bits per heavy atom. The number of allylic oxidation sites excluding steroid dienone is 2. The summed E-state index contributed by atoms with van der Waals surface area (Å²) in [7, 11) is 3.26. The van der Waals surface area contributed by atoms with Crippen molar-refractivity contribution >= 4 is 33.4 Å². The second-order valence-electron chi connectivity index (χ2n) is 8.53. The Morgan fingerprint density at radius 2 is 1.60 bits per heavy atom. The number of carbonyl (C=O) groups is 2. The minimum absolute atomic E-state index is 0.0446. The van der Waals surface area contributed by atoms with E-state index in [1.807, 2.05) is 29.2 Å². The van der Waals surface area contributed by atoms with Crippen LogP contribution in [-0.4, -0.2) is 57.2 Å². The summed E-state index contributed by atoms with van der Waals surface area (Å²) in [6, 6.07) is 7.55. The van der Waals surface area contributed by atoms with Gasteiger partial charge in [-0.05, 0) is 54.4 Å². The highest BCUT2D eigenvalue weighted by atomic mass is 79.9. The Bertz CT molecular complexity index is 813. The van der Waals surface area contributed by atoms with E-state index >= 15 is 0 Å². The smallest absolute Gasteiger partial charge is 0.228 e. The number of methoxy groups -OCH3 is 2. The maximum Gasteiger partial charge on any atom is 0.228 e. The second-order valence-corrected chi connectivity index (χ2v) is 9.44. The molecule has 7 heteroatoms. The first-order valence-corrected chi connectivity index (χ1v) is 11.3. The number of carbonyl (C=O) groups excluding carboxylic acids is 2. The first-order chi connectivity index (χ1) is 14.5. The minimum atomic E-state index is -0.341. The lowest BCUT2D eigenvalue weighted by molar-refractivity contribution is -0.142. The quantitative estimate of drug-likeness (QED) is 0.555. The number of anilines is 1. The maximum absolute atomic E-state index is 13.7. The summed E-state index contributed by atoms with van der Waals surface area (Å²) in [5, 5.41) is 3.06. The number of amides is 2. The Kier molecular flexibility index (Phi) is 6.32. The highest BCUT2D eigenvalue weighted by Crippen LogP contribution is 2.72. The van der Waals surface area contributed by atoms with Crippen molar-refractivity contribution in [1.82, 2.24) is 4.90 Å². The molecular weight excluding hydrogens is 448 g/mol. The SMILES string of the molecule is COCCN(CCOC)C(=O)[C@H]1[C@H](C(=O)Nc2ccc(Br)cc2)[C@H]2C=C[C@H]1C21CC1. The summed E-state index contributed by atoms with van der Waals surface area (Å²) in [5.74, 6) is -0.403. The zero-order valence-corrected chi connectivity index (χ0v) is 19.1. The van der Waals surface area contributed by atoms with Gasteiger partial charge in [-0.25, -0.2) is 0 Å². The van der Waals surface area contributed by atoms with Gasteiger partial charge >= 0.3 is 0 Å². The Morgan fingerprint density at radius 3 is 2.13 bits per heavy atom. The second kappa shape index (κ2) is 8.81. The van der Waals surface area contributed by atoms with Crippen molar-refractivity contribution in [2.75, 3.05) is 45.8 Å². The Labute approximate surface area is 186 Å². The van der Waals surface area contributed by atoms with Gasteiger partial charge in [0, 0.05) is 37.5 Å². The summed E-state index contributed by atoms with van der Waals surface area (Å²) < 4.78 is 11.4. The molecule has 2 fully saturated rings. The van der Waals surface area contributed by atoms with Crippen molar-refractivity contribution in [3.05, 3.63) is 40.9 Å². The van der Waals surface area contributed by atoms with Gasteiger partial charge in [-0.3, -0.25) is 9.59 Å². The molecule has 4 atom stereocenters. The summed E-state index contributed by atoms with van der Waals surface area (Å²) in [4.78, 5) is 28.9. The number of hydrogen-bond donors (Lipinski definition) is 1. The molecule has 4 rings (SSSR count). The molecular formula is C23H29BrN2O4. The van der Waals surface area contributed by atoms with E-state index in [2.05, 4.69) is 33.4 Å². The van der Waals surface area contributed by atoms with Gasteiger partial charge in [0.15, 0.2) is 0 Å². The fourth-order valence-electron chi connectivity index (χ4n) is 5.40. The summed E-state index contributed by atoms with van der Waals surface area (Å²) in [6.07, 6.45) is 6.56. The zero-order valence-electron chi connectivity index (χ0n) is 17.5. The van der Waals surface area contributed by atoms with Gasteiger partial charge in [0.1, 0.15) is 0 Å². The molecule has 1 aromatic carbocycles. The monoisotopic (exact) mass is 476 g/mol. The molecule has 0 radical (unpaired) electrons. The van der Waals surface area contributed by atoms with Crippen LogP contribution in [0.2, 0.25) is 0 Å². The number of ether oxygens (including phenoxy) is 2. The number of nitrogens with zero attached hydrogens (tertiary/aromatic N) is 1. The van der Waals surface area contributed by atoms with E-state index < -0.39 is 0 Å². The normalized spacial score (nSPS) is 27.4. The molecule has 3 aliphatic rings. The summed E-state index contributed by atoms with van der Waals surface area (Å²) >= 11 is 3.42. The molecule has 2 saturated carbocycles. The van der Waals surface area contributed by atoms with Gasteiger partial charge < -0.3 is 19.7 Å². The third kappa shape index (κ3) is 3.83. The van der Waals surface area contributed by atoms with Crippen LogP contribution in [0.3, 0.4) is 0 Å². The van der Waals surface area contributed by atoms with Crippen LogP contribution in [0.15, 0.2) is 40.9 Å². The minimum Gasteiger partial charge on any atom is -0.383 e. The van der Waals surface area contributed by atoms with Crippen molar-refractivity contribution in [3.63, 3.8) is 0 Å². The van der Waals surface area contributed by atoms with E-state index in [0.717, 1.165) is 23.0 Å². The summed E-state index contributed by atoms with van der Waals surface area (Å²) in [6.45, 7) is 1.94. The molecule has 3 aliphatic carbocycles. The van der Waals surface area contributed by atoms with E-state index in [-0.39, 0.29) is 40.9 Å². The van der Waals surface area contributed by atoms with Crippen molar-refractivity contribution in [2.24, 2.45) is 29.1 Å². The van der Waals surface area contributed by atoms with Crippen molar-refractivity contribution < 1.29 is 19.1 Å². The molecule has 2 amide bonds. The topological polar surface area (TPSA) is 67.9 Å².